The lowest BCUT2D eigenvalue weighted by atomic mass is 10.0. The van der Waals surface area contributed by atoms with Gasteiger partial charge in [0.15, 0.2) is 0 Å². The summed E-state index contributed by atoms with van der Waals surface area (Å²) in [5.74, 6) is 0.806. The third-order valence-corrected chi connectivity index (χ3v) is 3.10. The van der Waals surface area contributed by atoms with E-state index in [4.69, 9.17) is 10.5 Å². The minimum absolute atomic E-state index is 0.146. The van der Waals surface area contributed by atoms with Crippen LogP contribution in [0.1, 0.15) is 45.2 Å². The molecular weight excluding hydrogens is 217 g/mol. The van der Waals surface area contributed by atoms with Gasteiger partial charge in [0, 0.05) is 17.7 Å². The van der Waals surface area contributed by atoms with Gasteiger partial charge >= 0.3 is 0 Å². The second-order valence-electron chi connectivity index (χ2n) is 4.46. The molecule has 2 N–H and O–H groups in total. The molecule has 0 aliphatic carbocycles. The van der Waals surface area contributed by atoms with Gasteiger partial charge in [-0.3, -0.25) is 0 Å². The summed E-state index contributed by atoms with van der Waals surface area (Å²) in [6, 6.07) is 4.39. The SMILES string of the molecule is CCC(CC)COc1cc(F)ccc1[C@H](C)N. The van der Waals surface area contributed by atoms with Gasteiger partial charge < -0.3 is 10.5 Å². The summed E-state index contributed by atoms with van der Waals surface area (Å²) in [7, 11) is 0. The highest BCUT2D eigenvalue weighted by Gasteiger charge is 2.11. The van der Waals surface area contributed by atoms with Crippen LogP contribution in [-0.4, -0.2) is 6.61 Å². The van der Waals surface area contributed by atoms with E-state index < -0.39 is 0 Å². The van der Waals surface area contributed by atoms with Crippen LogP contribution in [0.5, 0.6) is 5.75 Å². The largest absolute Gasteiger partial charge is 0.493 e. The normalized spacial score (nSPS) is 12.8. The first kappa shape index (κ1) is 14.0. The van der Waals surface area contributed by atoms with Crippen molar-refractivity contribution in [2.75, 3.05) is 6.61 Å². The maximum Gasteiger partial charge on any atom is 0.126 e. The molecule has 0 aliphatic rings. The molecule has 0 radical (unpaired) electrons. The molecule has 1 aromatic rings. The first-order chi connectivity index (χ1) is 8.08. The summed E-state index contributed by atoms with van der Waals surface area (Å²) in [6.07, 6.45) is 2.14. The van der Waals surface area contributed by atoms with Crippen LogP contribution in [-0.2, 0) is 0 Å². The molecule has 0 spiro atoms. The second-order valence-corrected chi connectivity index (χ2v) is 4.46. The molecule has 1 aromatic carbocycles. The standard InChI is InChI=1S/C14H22FNO/c1-4-11(5-2)9-17-14-8-12(15)6-7-13(14)10(3)16/h6-8,10-11H,4-5,9,16H2,1-3H3/t10-/m0/s1. The van der Waals surface area contributed by atoms with Crippen LogP contribution in [0.25, 0.3) is 0 Å². The predicted molar refractivity (Wildman–Crippen MR) is 68.6 cm³/mol. The van der Waals surface area contributed by atoms with Gasteiger partial charge in [0.1, 0.15) is 11.6 Å². The van der Waals surface area contributed by atoms with Gasteiger partial charge in [0.2, 0.25) is 0 Å². The van der Waals surface area contributed by atoms with Gasteiger partial charge in [-0.05, 0) is 18.9 Å². The van der Waals surface area contributed by atoms with Gasteiger partial charge in [0.05, 0.1) is 6.61 Å². The lowest BCUT2D eigenvalue weighted by Gasteiger charge is -2.17. The Bertz CT molecular complexity index is 348. The molecule has 17 heavy (non-hydrogen) atoms. The van der Waals surface area contributed by atoms with Gasteiger partial charge in [-0.25, -0.2) is 4.39 Å². The quantitative estimate of drug-likeness (QED) is 0.822. The topological polar surface area (TPSA) is 35.2 Å². The van der Waals surface area contributed by atoms with Crippen molar-refractivity contribution in [2.45, 2.75) is 39.7 Å². The number of rotatable bonds is 6. The third kappa shape index (κ3) is 4.00. The van der Waals surface area contributed by atoms with Gasteiger partial charge in [0.25, 0.3) is 0 Å². The minimum Gasteiger partial charge on any atom is -0.493 e. The van der Waals surface area contributed by atoms with Gasteiger partial charge in [-0.15, -0.1) is 0 Å². The minimum atomic E-state index is -0.283. The fourth-order valence-electron chi connectivity index (χ4n) is 1.74. The van der Waals surface area contributed by atoms with Crippen molar-refractivity contribution in [3.8, 4) is 5.75 Å². The average Bonchev–Trinajstić information content (AvgIpc) is 2.30. The zero-order valence-electron chi connectivity index (χ0n) is 10.9. The molecule has 0 heterocycles. The molecule has 0 saturated heterocycles. The highest BCUT2D eigenvalue weighted by atomic mass is 19.1. The Morgan fingerprint density at radius 2 is 1.94 bits per heavy atom. The molecule has 0 unspecified atom stereocenters. The lowest BCUT2D eigenvalue weighted by Crippen LogP contribution is -2.13. The number of ether oxygens (including phenoxy) is 1. The summed E-state index contributed by atoms with van der Waals surface area (Å²) < 4.78 is 18.9. The Morgan fingerprint density at radius 3 is 2.47 bits per heavy atom. The van der Waals surface area contributed by atoms with E-state index in [1.807, 2.05) is 6.92 Å². The highest BCUT2D eigenvalue weighted by Crippen LogP contribution is 2.25. The van der Waals surface area contributed by atoms with E-state index in [0.29, 0.717) is 18.3 Å². The van der Waals surface area contributed by atoms with Gasteiger partial charge in [-0.2, -0.15) is 0 Å². The van der Waals surface area contributed by atoms with Crippen molar-refractivity contribution in [1.82, 2.24) is 0 Å². The Balaban J connectivity index is 2.78. The van der Waals surface area contributed by atoms with Crippen LogP contribution >= 0.6 is 0 Å². The number of hydrogen-bond donors (Lipinski definition) is 1. The van der Waals surface area contributed by atoms with Crippen molar-refractivity contribution >= 4 is 0 Å². The number of halogens is 1. The first-order valence-electron chi connectivity index (χ1n) is 6.26. The molecule has 0 aromatic heterocycles. The summed E-state index contributed by atoms with van der Waals surface area (Å²) in [5, 5.41) is 0. The summed E-state index contributed by atoms with van der Waals surface area (Å²) in [4.78, 5) is 0. The molecule has 1 rings (SSSR count). The van der Waals surface area contributed by atoms with E-state index in [0.717, 1.165) is 18.4 Å². The first-order valence-corrected chi connectivity index (χ1v) is 6.26. The molecular formula is C14H22FNO. The predicted octanol–water partition coefficient (Wildman–Crippen LogP) is 3.66. The molecule has 96 valence electrons. The number of nitrogens with two attached hydrogens (primary N) is 1. The van der Waals surface area contributed by atoms with Crippen LogP contribution in [0.15, 0.2) is 18.2 Å². The summed E-state index contributed by atoms with van der Waals surface area (Å²) in [5.41, 5.74) is 6.69. The molecule has 3 heteroatoms. The van der Waals surface area contributed by atoms with E-state index in [1.54, 1.807) is 6.07 Å². The molecule has 0 amide bonds. The average molecular weight is 239 g/mol. The molecule has 0 aliphatic heterocycles. The Labute approximate surface area is 103 Å². The Kier molecular flexibility index (Phi) is 5.42. The van der Waals surface area contributed by atoms with Crippen LogP contribution in [0.2, 0.25) is 0 Å². The van der Waals surface area contributed by atoms with Crippen LogP contribution in [0, 0.1) is 11.7 Å². The maximum absolute atomic E-state index is 13.2. The van der Waals surface area contributed by atoms with Crippen LogP contribution in [0.3, 0.4) is 0 Å². The van der Waals surface area contributed by atoms with E-state index >= 15 is 0 Å². The number of benzene rings is 1. The van der Waals surface area contributed by atoms with E-state index in [1.165, 1.54) is 12.1 Å². The van der Waals surface area contributed by atoms with Gasteiger partial charge in [-0.1, -0.05) is 32.8 Å². The van der Waals surface area contributed by atoms with E-state index in [2.05, 4.69) is 13.8 Å². The van der Waals surface area contributed by atoms with Crippen LogP contribution < -0.4 is 10.5 Å². The molecule has 1 atom stereocenters. The third-order valence-electron chi connectivity index (χ3n) is 3.10. The number of hydrogen-bond acceptors (Lipinski definition) is 2. The molecule has 0 bridgehead atoms. The second kappa shape index (κ2) is 6.60. The monoisotopic (exact) mass is 239 g/mol. The van der Waals surface area contributed by atoms with Crippen molar-refractivity contribution in [3.05, 3.63) is 29.6 Å². The van der Waals surface area contributed by atoms with Crippen molar-refractivity contribution in [3.63, 3.8) is 0 Å². The molecule has 0 fully saturated rings. The Hall–Kier alpha value is -1.09. The van der Waals surface area contributed by atoms with Crippen molar-refractivity contribution < 1.29 is 9.13 Å². The smallest absolute Gasteiger partial charge is 0.126 e. The zero-order chi connectivity index (χ0) is 12.8. The van der Waals surface area contributed by atoms with Crippen molar-refractivity contribution in [1.29, 1.82) is 0 Å². The van der Waals surface area contributed by atoms with E-state index in [9.17, 15) is 4.39 Å². The lowest BCUT2D eigenvalue weighted by molar-refractivity contribution is 0.237. The highest BCUT2D eigenvalue weighted by molar-refractivity contribution is 5.36. The van der Waals surface area contributed by atoms with Crippen LogP contribution in [0.4, 0.5) is 4.39 Å². The molecule has 2 nitrogen and oxygen atoms in total. The van der Waals surface area contributed by atoms with Crippen molar-refractivity contribution in [2.24, 2.45) is 11.7 Å². The van der Waals surface area contributed by atoms with E-state index in [-0.39, 0.29) is 11.9 Å². The maximum atomic E-state index is 13.2. The Morgan fingerprint density at radius 1 is 1.29 bits per heavy atom. The fraction of sp³-hybridized carbons (Fsp3) is 0.571. The fourth-order valence-corrected chi connectivity index (χ4v) is 1.74. The summed E-state index contributed by atoms with van der Waals surface area (Å²) in [6.45, 7) is 6.76. The zero-order valence-corrected chi connectivity index (χ0v) is 10.9. The summed E-state index contributed by atoms with van der Waals surface area (Å²) >= 11 is 0. The molecule has 0 saturated carbocycles.